The second kappa shape index (κ2) is 7.08. The summed E-state index contributed by atoms with van der Waals surface area (Å²) in [6.45, 7) is 3.57. The fourth-order valence-corrected chi connectivity index (χ4v) is 3.43. The van der Waals surface area contributed by atoms with Gasteiger partial charge in [-0.1, -0.05) is 6.92 Å². The van der Waals surface area contributed by atoms with Gasteiger partial charge in [-0.15, -0.1) is 0 Å². The molecule has 1 aliphatic heterocycles. The minimum Gasteiger partial charge on any atom is -0.376 e. The van der Waals surface area contributed by atoms with Gasteiger partial charge in [0.05, 0.1) is 16.3 Å². The van der Waals surface area contributed by atoms with Crippen LogP contribution < -0.4 is 15.5 Å². The van der Waals surface area contributed by atoms with Crippen LogP contribution in [-0.2, 0) is 14.8 Å². The van der Waals surface area contributed by atoms with Crippen molar-refractivity contribution in [1.29, 1.82) is 0 Å². The molecule has 1 saturated heterocycles. The number of nitrogens with one attached hydrogen (secondary N) is 2. The molecule has 1 aliphatic rings. The average Bonchev–Trinajstić information content (AvgIpc) is 2.44. The summed E-state index contributed by atoms with van der Waals surface area (Å²) in [4.78, 5) is 14.5. The molecular weight excluding hydrogens is 328 g/mol. The summed E-state index contributed by atoms with van der Waals surface area (Å²) in [6, 6.07) is 4.79. The first-order valence-corrected chi connectivity index (χ1v) is 9.34. The minimum atomic E-state index is -3.55. The largest absolute Gasteiger partial charge is 0.376 e. The Balaban J connectivity index is 2.33. The summed E-state index contributed by atoms with van der Waals surface area (Å²) in [5.74, 6) is 0.0980. The van der Waals surface area contributed by atoms with E-state index in [9.17, 15) is 13.2 Å². The van der Waals surface area contributed by atoms with Gasteiger partial charge in [0, 0.05) is 34.1 Å². The number of sulfonamides is 1. The van der Waals surface area contributed by atoms with Crippen LogP contribution in [0.2, 0.25) is 0 Å². The highest BCUT2D eigenvalue weighted by Crippen LogP contribution is 2.29. The molecular formula is C16H26N4O3S. The molecule has 0 bridgehead atoms. The maximum Gasteiger partial charge on any atom is 0.242 e. The predicted molar refractivity (Wildman–Crippen MR) is 95.8 cm³/mol. The predicted octanol–water partition coefficient (Wildman–Crippen LogP) is 0.797. The summed E-state index contributed by atoms with van der Waals surface area (Å²) in [5.41, 5.74) is 1.27. The Hall–Kier alpha value is -1.64. The number of rotatable bonds is 6. The zero-order valence-electron chi connectivity index (χ0n) is 14.8. The summed E-state index contributed by atoms with van der Waals surface area (Å²) >= 11 is 0. The van der Waals surface area contributed by atoms with E-state index in [2.05, 4.69) is 10.6 Å². The van der Waals surface area contributed by atoms with Crippen molar-refractivity contribution >= 4 is 27.3 Å². The van der Waals surface area contributed by atoms with Crippen molar-refractivity contribution in [3.63, 3.8) is 0 Å². The quantitative estimate of drug-likeness (QED) is 0.790. The number of carbonyl (C=O) groups excluding carboxylic acids is 1. The third kappa shape index (κ3) is 3.71. The van der Waals surface area contributed by atoms with E-state index in [0.29, 0.717) is 11.6 Å². The van der Waals surface area contributed by atoms with Crippen molar-refractivity contribution in [2.24, 2.45) is 11.8 Å². The van der Waals surface area contributed by atoms with Crippen LogP contribution in [0.4, 0.5) is 11.4 Å². The number of hydrogen-bond donors (Lipinski definition) is 2. The van der Waals surface area contributed by atoms with E-state index in [1.807, 2.05) is 25.9 Å². The maximum absolute atomic E-state index is 12.5. The molecule has 1 fully saturated rings. The molecule has 0 spiro atoms. The summed E-state index contributed by atoms with van der Waals surface area (Å²) < 4.78 is 25.8. The third-order valence-electron chi connectivity index (χ3n) is 4.42. The van der Waals surface area contributed by atoms with Gasteiger partial charge in [-0.2, -0.15) is 0 Å². The molecule has 0 aliphatic carbocycles. The number of amides is 1. The molecule has 0 aromatic heterocycles. The fraction of sp³-hybridized carbons (Fsp3) is 0.562. The van der Waals surface area contributed by atoms with Gasteiger partial charge < -0.3 is 15.5 Å². The van der Waals surface area contributed by atoms with Crippen molar-refractivity contribution in [2.45, 2.75) is 11.8 Å². The first-order chi connectivity index (χ1) is 11.1. The van der Waals surface area contributed by atoms with Crippen LogP contribution in [0.5, 0.6) is 0 Å². The summed E-state index contributed by atoms with van der Waals surface area (Å²) in [7, 11) is 3.12. The Bertz CT molecular complexity index is 712. The smallest absolute Gasteiger partial charge is 0.242 e. The van der Waals surface area contributed by atoms with E-state index in [1.165, 1.54) is 20.2 Å². The molecule has 7 nitrogen and oxygen atoms in total. The van der Waals surface area contributed by atoms with Crippen LogP contribution in [0.3, 0.4) is 0 Å². The van der Waals surface area contributed by atoms with E-state index in [-0.39, 0.29) is 16.7 Å². The minimum absolute atomic E-state index is 0.0935. The highest BCUT2D eigenvalue weighted by atomic mass is 32.2. The van der Waals surface area contributed by atoms with E-state index in [4.69, 9.17) is 0 Å². The SMILES string of the molecule is CC(C(=O)Nc1cc(S(=O)(=O)N(C)C)ccc1N(C)C)C1CNC1. The molecule has 1 aromatic carbocycles. The zero-order chi connectivity index (χ0) is 18.1. The van der Waals surface area contributed by atoms with Gasteiger partial charge in [0.25, 0.3) is 0 Å². The van der Waals surface area contributed by atoms with Gasteiger partial charge >= 0.3 is 0 Å². The van der Waals surface area contributed by atoms with Crippen molar-refractivity contribution < 1.29 is 13.2 Å². The van der Waals surface area contributed by atoms with Crippen LogP contribution in [0.15, 0.2) is 23.1 Å². The highest BCUT2D eigenvalue weighted by molar-refractivity contribution is 7.89. The van der Waals surface area contributed by atoms with Gasteiger partial charge in [-0.05, 0) is 37.2 Å². The van der Waals surface area contributed by atoms with Crippen LogP contribution in [0.1, 0.15) is 6.92 Å². The Morgan fingerprint density at radius 3 is 2.33 bits per heavy atom. The maximum atomic E-state index is 12.5. The van der Waals surface area contributed by atoms with E-state index >= 15 is 0 Å². The second-order valence-corrected chi connectivity index (χ2v) is 8.71. The second-order valence-electron chi connectivity index (χ2n) is 6.56. The fourth-order valence-electron chi connectivity index (χ4n) is 2.50. The first-order valence-electron chi connectivity index (χ1n) is 7.90. The molecule has 1 heterocycles. The highest BCUT2D eigenvalue weighted by Gasteiger charge is 2.29. The summed E-state index contributed by atoms with van der Waals surface area (Å²) in [5, 5.41) is 6.06. The lowest BCUT2D eigenvalue weighted by Crippen LogP contribution is -2.48. The van der Waals surface area contributed by atoms with Gasteiger partial charge in [0.1, 0.15) is 0 Å². The van der Waals surface area contributed by atoms with E-state index in [0.717, 1.165) is 23.1 Å². The number of hydrogen-bond acceptors (Lipinski definition) is 5. The molecule has 1 unspecified atom stereocenters. The first kappa shape index (κ1) is 18.7. The van der Waals surface area contributed by atoms with Gasteiger partial charge in [0.15, 0.2) is 0 Å². The molecule has 0 saturated carbocycles. The standard InChI is InChI=1S/C16H26N4O3S/c1-11(12-9-17-10-12)16(21)18-14-8-13(24(22,23)20(4)5)6-7-15(14)19(2)3/h6-8,11-12,17H,9-10H2,1-5H3,(H,18,21). The molecule has 8 heteroatoms. The van der Waals surface area contributed by atoms with E-state index in [1.54, 1.807) is 12.1 Å². The van der Waals surface area contributed by atoms with Gasteiger partial charge in [-0.25, -0.2) is 12.7 Å². The number of benzene rings is 1. The van der Waals surface area contributed by atoms with Crippen molar-refractivity contribution in [3.8, 4) is 0 Å². The molecule has 0 radical (unpaired) electrons. The Morgan fingerprint density at radius 2 is 1.88 bits per heavy atom. The molecule has 1 atom stereocenters. The summed E-state index contributed by atoms with van der Waals surface area (Å²) in [6.07, 6.45) is 0. The van der Waals surface area contributed by atoms with Crippen LogP contribution in [0.25, 0.3) is 0 Å². The normalized spacial score (nSPS) is 16.6. The molecule has 1 amide bonds. The lowest BCUT2D eigenvalue weighted by Gasteiger charge is -2.32. The van der Waals surface area contributed by atoms with Crippen molar-refractivity contribution in [2.75, 3.05) is 51.5 Å². The Morgan fingerprint density at radius 1 is 1.25 bits per heavy atom. The van der Waals surface area contributed by atoms with Gasteiger partial charge in [0.2, 0.25) is 15.9 Å². The van der Waals surface area contributed by atoms with Crippen LogP contribution >= 0.6 is 0 Å². The number of nitrogens with zero attached hydrogens (tertiary/aromatic N) is 2. The molecule has 2 N–H and O–H groups in total. The van der Waals surface area contributed by atoms with Gasteiger partial charge in [-0.3, -0.25) is 4.79 Å². The topological polar surface area (TPSA) is 81.8 Å². The average molecular weight is 354 g/mol. The number of anilines is 2. The van der Waals surface area contributed by atoms with Crippen LogP contribution in [-0.4, -0.2) is 59.9 Å². The third-order valence-corrected chi connectivity index (χ3v) is 6.23. The lowest BCUT2D eigenvalue weighted by atomic mass is 9.88. The Labute approximate surface area is 144 Å². The zero-order valence-corrected chi connectivity index (χ0v) is 15.6. The molecule has 2 rings (SSSR count). The number of carbonyl (C=O) groups is 1. The molecule has 24 heavy (non-hydrogen) atoms. The van der Waals surface area contributed by atoms with E-state index < -0.39 is 10.0 Å². The van der Waals surface area contributed by atoms with Crippen LogP contribution in [0, 0.1) is 11.8 Å². The van der Waals surface area contributed by atoms with Crippen molar-refractivity contribution in [1.82, 2.24) is 9.62 Å². The molecule has 1 aromatic rings. The molecule has 134 valence electrons. The van der Waals surface area contributed by atoms with Crippen molar-refractivity contribution in [3.05, 3.63) is 18.2 Å². The monoisotopic (exact) mass is 354 g/mol. The lowest BCUT2D eigenvalue weighted by molar-refractivity contribution is -0.121. The Kier molecular flexibility index (Phi) is 5.52.